The third kappa shape index (κ3) is 6.15. The van der Waals surface area contributed by atoms with E-state index in [1.807, 2.05) is 42.5 Å². The number of aromatic nitrogens is 1. The van der Waals surface area contributed by atoms with Gasteiger partial charge in [0.15, 0.2) is 5.11 Å². The van der Waals surface area contributed by atoms with Gasteiger partial charge in [0, 0.05) is 29.9 Å². The summed E-state index contributed by atoms with van der Waals surface area (Å²) in [5.41, 5.74) is 3.72. The first-order valence-electron chi connectivity index (χ1n) is 11.0. The van der Waals surface area contributed by atoms with Gasteiger partial charge in [0.05, 0.1) is 6.54 Å². The molecule has 1 heterocycles. The van der Waals surface area contributed by atoms with Crippen molar-refractivity contribution in [1.29, 1.82) is 0 Å². The highest BCUT2D eigenvalue weighted by molar-refractivity contribution is 7.80. The molecule has 2 aromatic carbocycles. The van der Waals surface area contributed by atoms with E-state index in [2.05, 4.69) is 53.0 Å². The molecule has 0 unspecified atom stereocenters. The number of fused-ring (bicyclic) bond motifs is 1. The number of H-pyrrole nitrogens is 1. The van der Waals surface area contributed by atoms with Crippen LogP contribution in [-0.2, 0) is 13.0 Å². The Balaban J connectivity index is 1.86. The Hall–Kier alpha value is -2.70. The molecule has 3 aromatic rings. The Kier molecular flexibility index (Phi) is 8.20. The highest BCUT2D eigenvalue weighted by Crippen LogP contribution is 2.16. The van der Waals surface area contributed by atoms with Crippen molar-refractivity contribution in [3.8, 4) is 0 Å². The van der Waals surface area contributed by atoms with Gasteiger partial charge in [-0.25, -0.2) is 0 Å². The molecule has 0 spiro atoms. The van der Waals surface area contributed by atoms with Gasteiger partial charge >= 0.3 is 0 Å². The second kappa shape index (κ2) is 11.1. The molecule has 31 heavy (non-hydrogen) atoms. The predicted molar refractivity (Wildman–Crippen MR) is 135 cm³/mol. The largest absolute Gasteiger partial charge is 0.343 e. The van der Waals surface area contributed by atoms with Crippen LogP contribution in [0.15, 0.2) is 59.4 Å². The molecule has 0 bridgehead atoms. The molecule has 3 rings (SSSR count). The van der Waals surface area contributed by atoms with Gasteiger partial charge in [0.2, 0.25) is 0 Å². The number of benzene rings is 2. The lowest BCUT2D eigenvalue weighted by Gasteiger charge is -2.29. The van der Waals surface area contributed by atoms with Crippen molar-refractivity contribution in [2.24, 2.45) is 0 Å². The van der Waals surface area contributed by atoms with Crippen LogP contribution in [0.1, 0.15) is 31.9 Å². The maximum atomic E-state index is 12.8. The van der Waals surface area contributed by atoms with Gasteiger partial charge < -0.3 is 20.1 Å². The van der Waals surface area contributed by atoms with Crippen molar-refractivity contribution in [3.05, 3.63) is 76.1 Å². The van der Waals surface area contributed by atoms with Gasteiger partial charge in [-0.1, -0.05) is 45.0 Å². The number of hydrogen-bond acceptors (Lipinski definition) is 3. The SMILES string of the molecule is CCc1ccc2[nH]c(=O)c(CN(CCN(CC)CC)C(=S)Nc3ccccc3)cc2c1. The van der Waals surface area contributed by atoms with E-state index in [0.717, 1.165) is 54.8 Å². The summed E-state index contributed by atoms with van der Waals surface area (Å²) in [5, 5.41) is 5.00. The summed E-state index contributed by atoms with van der Waals surface area (Å²) in [6.45, 7) is 10.5. The average Bonchev–Trinajstić information content (AvgIpc) is 2.79. The van der Waals surface area contributed by atoms with Gasteiger partial charge in [-0.05, 0) is 73.0 Å². The lowest BCUT2D eigenvalue weighted by Crippen LogP contribution is -2.41. The predicted octanol–water partition coefficient (Wildman–Crippen LogP) is 4.63. The van der Waals surface area contributed by atoms with Crippen LogP contribution < -0.4 is 10.9 Å². The zero-order valence-electron chi connectivity index (χ0n) is 18.6. The quantitative estimate of drug-likeness (QED) is 0.479. The maximum absolute atomic E-state index is 12.8. The molecule has 0 amide bonds. The Morgan fingerprint density at radius 2 is 1.74 bits per heavy atom. The van der Waals surface area contributed by atoms with Crippen molar-refractivity contribution < 1.29 is 0 Å². The number of hydrogen-bond donors (Lipinski definition) is 2. The number of rotatable bonds is 9. The molecule has 6 heteroatoms. The molecule has 0 radical (unpaired) electrons. The zero-order valence-corrected chi connectivity index (χ0v) is 19.5. The maximum Gasteiger partial charge on any atom is 0.253 e. The molecule has 1 aromatic heterocycles. The number of para-hydroxylation sites is 1. The van der Waals surface area contributed by atoms with Crippen molar-refractivity contribution in [3.63, 3.8) is 0 Å². The number of likely N-dealkylation sites (N-methyl/N-ethyl adjacent to an activating group) is 1. The van der Waals surface area contributed by atoms with Crippen LogP contribution in [0.2, 0.25) is 0 Å². The van der Waals surface area contributed by atoms with E-state index in [4.69, 9.17) is 12.2 Å². The van der Waals surface area contributed by atoms with E-state index in [0.29, 0.717) is 11.7 Å². The third-order valence-corrected chi connectivity index (χ3v) is 6.01. The number of nitrogens with one attached hydrogen (secondary N) is 2. The van der Waals surface area contributed by atoms with Crippen molar-refractivity contribution in [2.45, 2.75) is 33.7 Å². The number of anilines is 1. The molecule has 5 nitrogen and oxygen atoms in total. The molecule has 0 atom stereocenters. The number of pyridine rings is 1. The topological polar surface area (TPSA) is 51.4 Å². The van der Waals surface area contributed by atoms with Crippen LogP contribution >= 0.6 is 12.2 Å². The molecular weight excluding hydrogens is 404 g/mol. The van der Waals surface area contributed by atoms with Crippen LogP contribution in [0.5, 0.6) is 0 Å². The van der Waals surface area contributed by atoms with Crippen LogP contribution in [-0.4, -0.2) is 46.1 Å². The molecule has 0 saturated heterocycles. The summed E-state index contributed by atoms with van der Waals surface area (Å²) in [7, 11) is 0. The Labute approximate surface area is 190 Å². The Bertz CT molecular complexity index is 1060. The van der Waals surface area contributed by atoms with Crippen LogP contribution in [0.3, 0.4) is 0 Å². The van der Waals surface area contributed by atoms with E-state index < -0.39 is 0 Å². The second-order valence-electron chi connectivity index (χ2n) is 7.64. The summed E-state index contributed by atoms with van der Waals surface area (Å²) in [4.78, 5) is 20.3. The first kappa shape index (κ1) is 23.0. The highest BCUT2D eigenvalue weighted by Gasteiger charge is 2.15. The summed E-state index contributed by atoms with van der Waals surface area (Å²) in [5.74, 6) is 0. The number of aryl methyl sites for hydroxylation is 1. The molecular formula is C25H32N4OS. The van der Waals surface area contributed by atoms with E-state index in [-0.39, 0.29) is 5.56 Å². The first-order chi connectivity index (χ1) is 15.0. The molecule has 0 aliphatic carbocycles. The van der Waals surface area contributed by atoms with Crippen molar-refractivity contribution >= 4 is 33.9 Å². The van der Waals surface area contributed by atoms with Gasteiger partial charge in [0.1, 0.15) is 0 Å². The van der Waals surface area contributed by atoms with E-state index in [1.54, 1.807) is 0 Å². The van der Waals surface area contributed by atoms with Gasteiger partial charge in [-0.3, -0.25) is 4.79 Å². The normalized spacial score (nSPS) is 11.1. The molecule has 0 fully saturated rings. The summed E-state index contributed by atoms with van der Waals surface area (Å²) in [6.07, 6.45) is 0.964. The molecule has 0 aliphatic rings. The Morgan fingerprint density at radius 3 is 2.42 bits per heavy atom. The second-order valence-corrected chi connectivity index (χ2v) is 8.03. The van der Waals surface area contributed by atoms with Gasteiger partial charge in [-0.15, -0.1) is 0 Å². The minimum absolute atomic E-state index is 0.0629. The monoisotopic (exact) mass is 436 g/mol. The fraction of sp³-hybridized carbons (Fsp3) is 0.360. The number of thiocarbonyl (C=S) groups is 1. The standard InChI is InChI=1S/C25H32N4OS/c1-4-19-12-13-23-20(16-19)17-21(24(30)27-23)18-29(15-14-28(5-2)6-3)25(31)26-22-10-8-7-9-11-22/h7-13,16-17H,4-6,14-15,18H2,1-3H3,(H,26,31)(H,27,30). The van der Waals surface area contributed by atoms with E-state index in [1.165, 1.54) is 5.56 Å². The highest BCUT2D eigenvalue weighted by atomic mass is 32.1. The van der Waals surface area contributed by atoms with Crippen molar-refractivity contribution in [2.75, 3.05) is 31.5 Å². The fourth-order valence-electron chi connectivity index (χ4n) is 3.62. The first-order valence-corrected chi connectivity index (χ1v) is 11.4. The van der Waals surface area contributed by atoms with Crippen LogP contribution in [0.25, 0.3) is 10.9 Å². The Morgan fingerprint density at radius 1 is 1.00 bits per heavy atom. The molecule has 0 aliphatic heterocycles. The molecule has 164 valence electrons. The summed E-state index contributed by atoms with van der Waals surface area (Å²) in [6, 6.07) is 18.1. The van der Waals surface area contributed by atoms with Crippen LogP contribution in [0, 0.1) is 0 Å². The van der Waals surface area contributed by atoms with Crippen molar-refractivity contribution in [1.82, 2.24) is 14.8 Å². The van der Waals surface area contributed by atoms with Crippen LogP contribution in [0.4, 0.5) is 5.69 Å². The third-order valence-electron chi connectivity index (χ3n) is 5.65. The van der Waals surface area contributed by atoms with E-state index >= 15 is 0 Å². The van der Waals surface area contributed by atoms with E-state index in [9.17, 15) is 4.79 Å². The summed E-state index contributed by atoms with van der Waals surface area (Å²) >= 11 is 5.74. The average molecular weight is 437 g/mol. The number of nitrogens with zero attached hydrogens (tertiary/aromatic N) is 2. The molecule has 2 N–H and O–H groups in total. The minimum atomic E-state index is -0.0629. The lowest BCUT2D eigenvalue weighted by molar-refractivity contribution is 0.266. The zero-order chi connectivity index (χ0) is 22.2. The van der Waals surface area contributed by atoms with Gasteiger partial charge in [-0.2, -0.15) is 0 Å². The minimum Gasteiger partial charge on any atom is -0.343 e. The smallest absolute Gasteiger partial charge is 0.253 e. The fourth-order valence-corrected chi connectivity index (χ4v) is 3.90. The number of aromatic amines is 1. The summed E-state index contributed by atoms with van der Waals surface area (Å²) < 4.78 is 0. The van der Waals surface area contributed by atoms with Gasteiger partial charge in [0.25, 0.3) is 5.56 Å². The molecule has 0 saturated carbocycles. The lowest BCUT2D eigenvalue weighted by atomic mass is 10.1.